The Morgan fingerprint density at radius 3 is 2.67 bits per heavy atom. The topological polar surface area (TPSA) is 51.5 Å². The quantitative estimate of drug-likeness (QED) is 0.744. The Hall–Kier alpha value is -2.75. The lowest BCUT2D eigenvalue weighted by Crippen LogP contribution is -2.27. The number of rotatable bonds is 5. The van der Waals surface area contributed by atoms with Crippen LogP contribution in [0.15, 0.2) is 52.9 Å². The number of aryl methyl sites for hydroxylation is 1. The molecule has 0 unspecified atom stereocenters. The van der Waals surface area contributed by atoms with Crippen LogP contribution in [0.3, 0.4) is 0 Å². The van der Waals surface area contributed by atoms with Gasteiger partial charge in [-0.3, -0.25) is 4.79 Å². The van der Waals surface area contributed by atoms with E-state index in [-0.39, 0.29) is 11.9 Å². The van der Waals surface area contributed by atoms with Crippen molar-refractivity contribution in [2.45, 2.75) is 26.3 Å². The summed E-state index contributed by atoms with van der Waals surface area (Å²) >= 11 is 0. The fraction of sp³-hybridized carbons (Fsp3) is 0.250. The molecule has 0 saturated carbocycles. The van der Waals surface area contributed by atoms with Crippen LogP contribution in [0.1, 0.15) is 41.1 Å². The monoisotopic (exact) mass is 323 g/mol. The van der Waals surface area contributed by atoms with E-state index >= 15 is 0 Å². The van der Waals surface area contributed by atoms with E-state index in [0.29, 0.717) is 5.76 Å². The number of carbonyl (C=O) groups is 1. The lowest BCUT2D eigenvalue weighted by Gasteiger charge is -2.18. The predicted octanol–water partition coefficient (Wildman–Crippen LogP) is 4.63. The van der Waals surface area contributed by atoms with Crippen LogP contribution in [0.25, 0.3) is 11.0 Å². The average molecular weight is 323 g/mol. The number of para-hydroxylation sites is 1. The minimum atomic E-state index is -0.202. The summed E-state index contributed by atoms with van der Waals surface area (Å²) < 4.78 is 10.9. The maximum absolute atomic E-state index is 12.5. The highest BCUT2D eigenvalue weighted by Crippen LogP contribution is 2.25. The van der Waals surface area contributed by atoms with Crippen molar-refractivity contribution in [2.75, 3.05) is 7.11 Å². The van der Waals surface area contributed by atoms with E-state index in [1.807, 2.05) is 56.3 Å². The van der Waals surface area contributed by atoms with Gasteiger partial charge in [0, 0.05) is 5.39 Å². The number of carbonyl (C=O) groups excluding carboxylic acids is 1. The van der Waals surface area contributed by atoms with Crippen molar-refractivity contribution >= 4 is 16.9 Å². The first-order chi connectivity index (χ1) is 11.6. The molecular formula is C20H21NO3. The maximum Gasteiger partial charge on any atom is 0.287 e. The molecule has 0 spiro atoms. The Kier molecular flexibility index (Phi) is 4.56. The molecule has 24 heavy (non-hydrogen) atoms. The highest BCUT2D eigenvalue weighted by molar-refractivity contribution is 5.96. The van der Waals surface area contributed by atoms with Gasteiger partial charge in [-0.25, -0.2) is 0 Å². The van der Waals surface area contributed by atoms with Gasteiger partial charge in [0.1, 0.15) is 11.3 Å². The van der Waals surface area contributed by atoms with Crippen LogP contribution in [0.4, 0.5) is 0 Å². The van der Waals surface area contributed by atoms with Crippen molar-refractivity contribution in [3.63, 3.8) is 0 Å². The lowest BCUT2D eigenvalue weighted by atomic mass is 10.0. The Balaban J connectivity index is 1.81. The normalized spacial score (nSPS) is 12.1. The Morgan fingerprint density at radius 2 is 2.00 bits per heavy atom. The van der Waals surface area contributed by atoms with Gasteiger partial charge in [-0.1, -0.05) is 37.3 Å². The minimum Gasteiger partial charge on any atom is -0.496 e. The third kappa shape index (κ3) is 3.13. The Labute approximate surface area is 141 Å². The van der Waals surface area contributed by atoms with Crippen molar-refractivity contribution in [1.82, 2.24) is 5.32 Å². The van der Waals surface area contributed by atoms with Gasteiger partial charge in [-0.15, -0.1) is 0 Å². The molecular weight excluding hydrogens is 302 g/mol. The van der Waals surface area contributed by atoms with Crippen molar-refractivity contribution in [2.24, 2.45) is 0 Å². The molecule has 0 aliphatic rings. The number of hydrogen-bond acceptors (Lipinski definition) is 3. The van der Waals surface area contributed by atoms with Crippen LogP contribution in [0.5, 0.6) is 5.75 Å². The molecule has 3 rings (SSSR count). The van der Waals surface area contributed by atoms with Gasteiger partial charge in [-0.05, 0) is 42.7 Å². The van der Waals surface area contributed by atoms with E-state index in [2.05, 4.69) is 5.32 Å². The summed E-state index contributed by atoms with van der Waals surface area (Å²) in [6, 6.07) is 15.3. The first kappa shape index (κ1) is 16.1. The van der Waals surface area contributed by atoms with Crippen LogP contribution >= 0.6 is 0 Å². The van der Waals surface area contributed by atoms with Gasteiger partial charge in [0.05, 0.1) is 13.2 Å². The summed E-state index contributed by atoms with van der Waals surface area (Å²) in [6.07, 6.45) is 0.789. The highest BCUT2D eigenvalue weighted by Gasteiger charge is 2.18. The van der Waals surface area contributed by atoms with Gasteiger partial charge in [0.15, 0.2) is 5.76 Å². The molecule has 0 radical (unpaired) electrons. The van der Waals surface area contributed by atoms with Gasteiger partial charge in [0.2, 0.25) is 0 Å². The third-order valence-electron chi connectivity index (χ3n) is 4.18. The van der Waals surface area contributed by atoms with Crippen molar-refractivity contribution < 1.29 is 13.9 Å². The summed E-state index contributed by atoms with van der Waals surface area (Å²) in [5, 5.41) is 3.98. The molecule has 4 heteroatoms. The maximum atomic E-state index is 12.5. The molecule has 1 atom stereocenters. The first-order valence-corrected chi connectivity index (χ1v) is 8.06. The number of fused-ring (bicyclic) bond motifs is 1. The number of methoxy groups -OCH3 is 1. The molecule has 0 aliphatic heterocycles. The van der Waals surface area contributed by atoms with E-state index in [1.54, 1.807) is 13.2 Å². The highest BCUT2D eigenvalue weighted by atomic mass is 16.5. The standard InChI is InChI=1S/C20H21NO3/c1-4-16(14-9-10-17(23-3)13(2)11-14)21-20(22)19-12-15-7-5-6-8-18(15)24-19/h5-12,16H,4H2,1-3H3,(H,21,22)/t16-/m0/s1. The molecule has 124 valence electrons. The van der Waals surface area contributed by atoms with Crippen LogP contribution in [-0.4, -0.2) is 13.0 Å². The molecule has 0 bridgehead atoms. The van der Waals surface area contributed by atoms with Gasteiger partial charge < -0.3 is 14.5 Å². The molecule has 1 N–H and O–H groups in total. The molecule has 2 aromatic carbocycles. The molecule has 0 saturated heterocycles. The SMILES string of the molecule is CC[C@H](NC(=O)c1cc2ccccc2o1)c1ccc(OC)c(C)c1. The largest absolute Gasteiger partial charge is 0.496 e. The number of furan rings is 1. The van der Waals surface area contributed by atoms with E-state index in [4.69, 9.17) is 9.15 Å². The van der Waals surface area contributed by atoms with Crippen molar-refractivity contribution in [3.8, 4) is 5.75 Å². The third-order valence-corrected chi connectivity index (χ3v) is 4.18. The predicted molar refractivity (Wildman–Crippen MR) is 94.4 cm³/mol. The summed E-state index contributed by atoms with van der Waals surface area (Å²) in [5.74, 6) is 0.976. The fourth-order valence-electron chi connectivity index (χ4n) is 2.86. The summed E-state index contributed by atoms with van der Waals surface area (Å²) in [7, 11) is 1.66. The number of hydrogen-bond donors (Lipinski definition) is 1. The summed E-state index contributed by atoms with van der Waals surface area (Å²) in [6.45, 7) is 4.04. The van der Waals surface area contributed by atoms with E-state index in [1.165, 1.54) is 0 Å². The van der Waals surface area contributed by atoms with Gasteiger partial charge in [0.25, 0.3) is 5.91 Å². The molecule has 1 aromatic heterocycles. The van der Waals surface area contributed by atoms with Gasteiger partial charge >= 0.3 is 0 Å². The lowest BCUT2D eigenvalue weighted by molar-refractivity contribution is 0.0909. The van der Waals surface area contributed by atoms with E-state index in [0.717, 1.165) is 34.3 Å². The fourth-order valence-corrected chi connectivity index (χ4v) is 2.86. The average Bonchev–Trinajstić information content (AvgIpc) is 3.03. The van der Waals surface area contributed by atoms with E-state index in [9.17, 15) is 4.79 Å². The second kappa shape index (κ2) is 6.79. The molecule has 0 fully saturated rings. The van der Waals surface area contributed by atoms with Crippen LogP contribution < -0.4 is 10.1 Å². The molecule has 1 amide bonds. The number of amides is 1. The molecule has 1 heterocycles. The van der Waals surface area contributed by atoms with Crippen LogP contribution in [-0.2, 0) is 0 Å². The van der Waals surface area contributed by atoms with E-state index < -0.39 is 0 Å². The van der Waals surface area contributed by atoms with Crippen LogP contribution in [0, 0.1) is 6.92 Å². The van der Waals surface area contributed by atoms with Crippen LogP contribution in [0.2, 0.25) is 0 Å². The second-order valence-electron chi connectivity index (χ2n) is 5.81. The molecule has 4 nitrogen and oxygen atoms in total. The zero-order valence-electron chi connectivity index (χ0n) is 14.1. The van der Waals surface area contributed by atoms with Crippen molar-refractivity contribution in [1.29, 1.82) is 0 Å². The van der Waals surface area contributed by atoms with Gasteiger partial charge in [-0.2, -0.15) is 0 Å². The molecule has 3 aromatic rings. The van der Waals surface area contributed by atoms with Crippen molar-refractivity contribution in [3.05, 3.63) is 65.4 Å². The number of benzene rings is 2. The number of nitrogens with one attached hydrogen (secondary N) is 1. The zero-order chi connectivity index (χ0) is 17.1. The minimum absolute atomic E-state index is 0.0738. The summed E-state index contributed by atoms with van der Waals surface area (Å²) in [4.78, 5) is 12.5. The first-order valence-electron chi connectivity index (χ1n) is 8.06. The Bertz CT molecular complexity index is 833. The second-order valence-corrected chi connectivity index (χ2v) is 5.81. The molecule has 0 aliphatic carbocycles. The smallest absolute Gasteiger partial charge is 0.287 e. The zero-order valence-corrected chi connectivity index (χ0v) is 14.1. The number of ether oxygens (including phenoxy) is 1. The summed E-state index contributed by atoms with van der Waals surface area (Å²) in [5.41, 5.74) is 2.82. The Morgan fingerprint density at radius 1 is 1.21 bits per heavy atom.